The van der Waals surface area contributed by atoms with Gasteiger partial charge >= 0.3 is 0 Å². The molecule has 0 spiro atoms. The Hall–Kier alpha value is -2.25. The summed E-state index contributed by atoms with van der Waals surface area (Å²) < 4.78 is 5.03. The Balaban J connectivity index is 1.66. The molecule has 3 rings (SSSR count). The lowest BCUT2D eigenvalue weighted by atomic mass is 10.0. The highest BCUT2D eigenvalue weighted by molar-refractivity contribution is 5.81. The van der Waals surface area contributed by atoms with Crippen LogP contribution in [0.4, 0.5) is 0 Å². The number of nitrogens with two attached hydrogens (primary N) is 1. The first-order chi connectivity index (χ1) is 11.6. The molecule has 0 aliphatic carbocycles. The summed E-state index contributed by atoms with van der Waals surface area (Å²) in [5.41, 5.74) is 6.64. The third-order valence-corrected chi connectivity index (χ3v) is 4.31. The van der Waals surface area contributed by atoms with Gasteiger partial charge in [-0.15, -0.1) is 0 Å². The molecule has 24 heavy (non-hydrogen) atoms. The Bertz CT molecular complexity index is 673. The Morgan fingerprint density at radius 3 is 2.71 bits per heavy atom. The van der Waals surface area contributed by atoms with Gasteiger partial charge in [-0.2, -0.15) is 4.98 Å². The summed E-state index contributed by atoms with van der Waals surface area (Å²) in [6.07, 6.45) is 0.966. The molecule has 7 heteroatoms. The van der Waals surface area contributed by atoms with Crippen LogP contribution in [-0.2, 0) is 11.3 Å². The van der Waals surface area contributed by atoms with E-state index >= 15 is 0 Å². The number of primary amides is 1. The monoisotopic (exact) mass is 329 g/mol. The fourth-order valence-corrected chi connectivity index (χ4v) is 3.20. The maximum atomic E-state index is 12.0. The third kappa shape index (κ3) is 3.98. The van der Waals surface area contributed by atoms with Gasteiger partial charge in [-0.05, 0) is 18.5 Å². The standard InChI is InChI=1S/C17H23N5O2/c1-13-19-15(20-24-13)12-21-8-5-9-22(11-10-21)16(17(18)23)14-6-3-2-4-7-14/h2-4,6-7,16H,5,8-12H2,1H3,(H2,18,23). The summed E-state index contributed by atoms with van der Waals surface area (Å²) in [4.78, 5) is 20.7. The highest BCUT2D eigenvalue weighted by atomic mass is 16.5. The maximum absolute atomic E-state index is 12.0. The van der Waals surface area contributed by atoms with Crippen molar-refractivity contribution in [3.05, 3.63) is 47.6 Å². The quantitative estimate of drug-likeness (QED) is 0.884. The van der Waals surface area contributed by atoms with Crippen molar-refractivity contribution in [3.8, 4) is 0 Å². The van der Waals surface area contributed by atoms with E-state index < -0.39 is 0 Å². The van der Waals surface area contributed by atoms with Gasteiger partial charge in [0.05, 0.1) is 6.54 Å². The van der Waals surface area contributed by atoms with Crippen LogP contribution in [0.25, 0.3) is 0 Å². The van der Waals surface area contributed by atoms with Crippen LogP contribution in [0.3, 0.4) is 0 Å². The summed E-state index contributed by atoms with van der Waals surface area (Å²) >= 11 is 0. The van der Waals surface area contributed by atoms with Crippen LogP contribution in [-0.4, -0.2) is 52.0 Å². The summed E-state index contributed by atoms with van der Waals surface area (Å²) in [7, 11) is 0. The number of carbonyl (C=O) groups is 1. The van der Waals surface area contributed by atoms with Gasteiger partial charge in [0.1, 0.15) is 6.04 Å². The van der Waals surface area contributed by atoms with E-state index in [0.717, 1.165) is 38.2 Å². The Morgan fingerprint density at radius 2 is 2.04 bits per heavy atom. The average molecular weight is 329 g/mol. The van der Waals surface area contributed by atoms with Crippen LogP contribution in [0.5, 0.6) is 0 Å². The summed E-state index contributed by atoms with van der Waals surface area (Å²) in [5, 5.41) is 3.95. The molecule has 128 valence electrons. The minimum atomic E-state index is -0.376. The summed E-state index contributed by atoms with van der Waals surface area (Å²) in [5.74, 6) is 0.984. The molecule has 1 aliphatic heterocycles. The Labute approximate surface area is 141 Å². The summed E-state index contributed by atoms with van der Waals surface area (Å²) in [6, 6.07) is 9.36. The van der Waals surface area contributed by atoms with Crippen molar-refractivity contribution in [2.75, 3.05) is 26.2 Å². The lowest BCUT2D eigenvalue weighted by Gasteiger charge is -2.28. The molecule has 1 fully saturated rings. The zero-order chi connectivity index (χ0) is 16.9. The molecule has 1 aliphatic rings. The van der Waals surface area contributed by atoms with Gasteiger partial charge in [-0.1, -0.05) is 35.5 Å². The normalized spacial score (nSPS) is 18.2. The van der Waals surface area contributed by atoms with E-state index in [0.29, 0.717) is 18.3 Å². The largest absolute Gasteiger partial charge is 0.368 e. The Kier molecular flexibility index (Phi) is 5.22. The van der Waals surface area contributed by atoms with E-state index in [1.165, 1.54) is 0 Å². The van der Waals surface area contributed by atoms with E-state index in [2.05, 4.69) is 19.9 Å². The number of nitrogens with zero attached hydrogens (tertiary/aromatic N) is 4. The number of benzene rings is 1. The molecular formula is C17H23N5O2. The first-order valence-corrected chi connectivity index (χ1v) is 8.23. The van der Waals surface area contributed by atoms with E-state index in [1.807, 2.05) is 30.3 Å². The zero-order valence-electron chi connectivity index (χ0n) is 13.9. The van der Waals surface area contributed by atoms with E-state index in [-0.39, 0.29) is 11.9 Å². The molecule has 1 saturated heterocycles. The van der Waals surface area contributed by atoms with Gasteiger partial charge < -0.3 is 10.3 Å². The molecule has 2 aromatic rings. The van der Waals surface area contributed by atoms with Crippen molar-refractivity contribution < 1.29 is 9.32 Å². The molecule has 1 aromatic carbocycles. The van der Waals surface area contributed by atoms with Crippen LogP contribution in [0.15, 0.2) is 34.9 Å². The predicted molar refractivity (Wildman–Crippen MR) is 88.9 cm³/mol. The second-order valence-corrected chi connectivity index (χ2v) is 6.11. The molecular weight excluding hydrogens is 306 g/mol. The van der Waals surface area contributed by atoms with Crippen molar-refractivity contribution in [2.24, 2.45) is 5.73 Å². The SMILES string of the molecule is Cc1nc(CN2CCCN(C(C(N)=O)c3ccccc3)CC2)no1. The smallest absolute Gasteiger partial charge is 0.239 e. The fourth-order valence-electron chi connectivity index (χ4n) is 3.20. The van der Waals surface area contributed by atoms with Crippen LogP contribution in [0.1, 0.15) is 29.7 Å². The number of carbonyl (C=O) groups excluding carboxylic acids is 1. The minimum absolute atomic E-state index is 0.302. The van der Waals surface area contributed by atoms with Gasteiger partial charge in [0.25, 0.3) is 0 Å². The molecule has 1 atom stereocenters. The van der Waals surface area contributed by atoms with Gasteiger partial charge in [-0.3, -0.25) is 14.6 Å². The number of rotatable bonds is 5. The van der Waals surface area contributed by atoms with Crippen molar-refractivity contribution in [1.82, 2.24) is 19.9 Å². The molecule has 1 unspecified atom stereocenters. The fraction of sp³-hybridized carbons (Fsp3) is 0.471. The molecule has 2 heterocycles. The van der Waals surface area contributed by atoms with Crippen LogP contribution in [0, 0.1) is 6.92 Å². The van der Waals surface area contributed by atoms with Crippen molar-refractivity contribution in [1.29, 1.82) is 0 Å². The van der Waals surface area contributed by atoms with Crippen molar-refractivity contribution in [3.63, 3.8) is 0 Å². The second kappa shape index (κ2) is 7.55. The minimum Gasteiger partial charge on any atom is -0.368 e. The molecule has 0 saturated carbocycles. The number of aryl methyl sites for hydroxylation is 1. The average Bonchev–Trinajstić information content (AvgIpc) is 2.84. The van der Waals surface area contributed by atoms with Crippen molar-refractivity contribution in [2.45, 2.75) is 25.9 Å². The number of amides is 1. The lowest BCUT2D eigenvalue weighted by Crippen LogP contribution is -2.40. The highest BCUT2D eigenvalue weighted by Crippen LogP contribution is 2.22. The number of hydrogen-bond donors (Lipinski definition) is 1. The van der Waals surface area contributed by atoms with Crippen LogP contribution >= 0.6 is 0 Å². The molecule has 2 N–H and O–H groups in total. The van der Waals surface area contributed by atoms with E-state index in [1.54, 1.807) is 6.92 Å². The zero-order valence-corrected chi connectivity index (χ0v) is 13.9. The molecule has 0 radical (unpaired) electrons. The van der Waals surface area contributed by atoms with E-state index in [4.69, 9.17) is 10.3 Å². The number of hydrogen-bond acceptors (Lipinski definition) is 6. The van der Waals surface area contributed by atoms with Crippen LogP contribution < -0.4 is 5.73 Å². The van der Waals surface area contributed by atoms with Gasteiger partial charge in [0.2, 0.25) is 11.8 Å². The topological polar surface area (TPSA) is 88.5 Å². The van der Waals surface area contributed by atoms with Crippen LogP contribution in [0.2, 0.25) is 0 Å². The molecule has 1 amide bonds. The van der Waals surface area contributed by atoms with Gasteiger partial charge in [0.15, 0.2) is 5.82 Å². The van der Waals surface area contributed by atoms with Gasteiger partial charge in [0, 0.05) is 26.6 Å². The third-order valence-electron chi connectivity index (χ3n) is 4.31. The lowest BCUT2D eigenvalue weighted by molar-refractivity contribution is -0.123. The predicted octanol–water partition coefficient (Wildman–Crippen LogP) is 1.11. The van der Waals surface area contributed by atoms with Crippen molar-refractivity contribution >= 4 is 5.91 Å². The number of aromatic nitrogens is 2. The first kappa shape index (κ1) is 16.6. The maximum Gasteiger partial charge on any atom is 0.239 e. The summed E-state index contributed by atoms with van der Waals surface area (Å²) in [6.45, 7) is 5.84. The molecule has 7 nitrogen and oxygen atoms in total. The van der Waals surface area contributed by atoms with E-state index in [9.17, 15) is 4.79 Å². The molecule has 0 bridgehead atoms. The molecule has 1 aromatic heterocycles. The highest BCUT2D eigenvalue weighted by Gasteiger charge is 2.27. The second-order valence-electron chi connectivity index (χ2n) is 6.11. The Morgan fingerprint density at radius 1 is 1.25 bits per heavy atom. The van der Waals surface area contributed by atoms with Gasteiger partial charge in [-0.25, -0.2) is 0 Å². The first-order valence-electron chi connectivity index (χ1n) is 8.23.